The summed E-state index contributed by atoms with van der Waals surface area (Å²) in [5.74, 6) is 0. The number of thiazole rings is 1. The van der Waals surface area contributed by atoms with Gasteiger partial charge < -0.3 is 10.4 Å². The molecule has 1 aromatic rings. The number of aryl methyl sites for hydroxylation is 1. The Bertz CT molecular complexity index is 319. The molecule has 1 saturated carbocycles. The zero-order chi connectivity index (χ0) is 11.4. The van der Waals surface area contributed by atoms with Crippen LogP contribution in [0, 0.1) is 0 Å². The summed E-state index contributed by atoms with van der Waals surface area (Å²) in [7, 11) is 0. The first-order valence-corrected chi connectivity index (χ1v) is 6.94. The van der Waals surface area contributed by atoms with E-state index in [1.54, 1.807) is 11.3 Å². The number of aliphatic hydroxyl groups is 1. The number of hydrogen-bond acceptors (Lipinski definition) is 4. The van der Waals surface area contributed by atoms with Crippen LogP contribution in [0.5, 0.6) is 0 Å². The molecule has 0 aliphatic heterocycles. The van der Waals surface area contributed by atoms with Gasteiger partial charge in [-0.25, -0.2) is 4.98 Å². The van der Waals surface area contributed by atoms with Crippen LogP contribution in [0.4, 0.5) is 0 Å². The second-order valence-electron chi connectivity index (χ2n) is 4.46. The van der Waals surface area contributed by atoms with E-state index in [4.69, 9.17) is 0 Å². The highest BCUT2D eigenvalue weighted by Gasteiger charge is 2.18. The van der Waals surface area contributed by atoms with Gasteiger partial charge in [-0.15, -0.1) is 11.3 Å². The predicted octanol–water partition coefficient (Wildman–Crippen LogP) is 2.10. The molecule has 0 atom stereocenters. The molecular weight excluding hydrogens is 220 g/mol. The monoisotopic (exact) mass is 240 g/mol. The highest BCUT2D eigenvalue weighted by molar-refractivity contribution is 7.11. The molecule has 4 heteroatoms. The van der Waals surface area contributed by atoms with Crippen LogP contribution in [-0.4, -0.2) is 22.2 Å². The van der Waals surface area contributed by atoms with E-state index in [1.807, 2.05) is 6.20 Å². The lowest BCUT2D eigenvalue weighted by Crippen LogP contribution is -2.34. The maximum atomic E-state index is 9.41. The van der Waals surface area contributed by atoms with Gasteiger partial charge >= 0.3 is 0 Å². The van der Waals surface area contributed by atoms with E-state index in [1.165, 1.54) is 9.88 Å². The maximum absolute atomic E-state index is 9.41. The highest BCUT2D eigenvalue weighted by atomic mass is 32.1. The van der Waals surface area contributed by atoms with Crippen molar-refractivity contribution in [2.75, 3.05) is 0 Å². The summed E-state index contributed by atoms with van der Waals surface area (Å²) < 4.78 is 0. The Balaban J connectivity index is 1.74. The number of rotatable bonds is 4. The molecule has 0 saturated heterocycles. The van der Waals surface area contributed by atoms with Crippen molar-refractivity contribution in [1.29, 1.82) is 0 Å². The predicted molar refractivity (Wildman–Crippen MR) is 66.6 cm³/mol. The van der Waals surface area contributed by atoms with Crippen LogP contribution in [0.15, 0.2) is 6.20 Å². The molecule has 2 N–H and O–H groups in total. The van der Waals surface area contributed by atoms with Crippen LogP contribution < -0.4 is 5.32 Å². The molecule has 1 aromatic heterocycles. The quantitative estimate of drug-likeness (QED) is 0.847. The molecule has 0 bridgehead atoms. The first kappa shape index (κ1) is 12.0. The zero-order valence-electron chi connectivity index (χ0n) is 9.78. The van der Waals surface area contributed by atoms with E-state index in [-0.39, 0.29) is 6.10 Å². The van der Waals surface area contributed by atoms with E-state index in [0.29, 0.717) is 6.04 Å². The fourth-order valence-electron chi connectivity index (χ4n) is 2.10. The van der Waals surface area contributed by atoms with Crippen molar-refractivity contribution in [1.82, 2.24) is 10.3 Å². The van der Waals surface area contributed by atoms with Crippen LogP contribution in [0.3, 0.4) is 0 Å². The highest BCUT2D eigenvalue weighted by Crippen LogP contribution is 2.19. The summed E-state index contributed by atoms with van der Waals surface area (Å²) >= 11 is 1.80. The third kappa shape index (κ3) is 3.27. The summed E-state index contributed by atoms with van der Waals surface area (Å²) in [6, 6.07) is 0.567. The van der Waals surface area contributed by atoms with E-state index in [2.05, 4.69) is 17.2 Å². The number of nitrogens with one attached hydrogen (secondary N) is 1. The average Bonchev–Trinajstić information content (AvgIpc) is 2.76. The van der Waals surface area contributed by atoms with Gasteiger partial charge in [-0.2, -0.15) is 0 Å². The Morgan fingerprint density at radius 1 is 1.44 bits per heavy atom. The minimum atomic E-state index is -0.0652. The van der Waals surface area contributed by atoms with Crippen LogP contribution >= 0.6 is 11.3 Å². The van der Waals surface area contributed by atoms with Crippen LogP contribution in [-0.2, 0) is 13.0 Å². The lowest BCUT2D eigenvalue weighted by atomic mass is 9.93. The summed E-state index contributed by atoms with van der Waals surface area (Å²) in [6.45, 7) is 3.04. The molecule has 16 heavy (non-hydrogen) atoms. The normalized spacial score (nSPS) is 25.9. The molecule has 0 amide bonds. The molecule has 1 aliphatic rings. The minimum absolute atomic E-state index is 0.0652. The largest absolute Gasteiger partial charge is 0.393 e. The summed E-state index contributed by atoms with van der Waals surface area (Å²) in [6.07, 6.45) is 7.05. The third-order valence-corrected chi connectivity index (χ3v) is 4.33. The summed E-state index contributed by atoms with van der Waals surface area (Å²) in [5, 5.41) is 14.1. The summed E-state index contributed by atoms with van der Waals surface area (Å²) in [4.78, 5) is 5.75. The van der Waals surface area contributed by atoms with E-state index in [9.17, 15) is 5.11 Å². The molecule has 1 fully saturated rings. The second kappa shape index (κ2) is 5.75. The molecule has 2 rings (SSSR count). The molecule has 0 unspecified atom stereocenters. The lowest BCUT2D eigenvalue weighted by Gasteiger charge is -2.25. The first-order valence-electron chi connectivity index (χ1n) is 6.13. The third-order valence-electron chi connectivity index (χ3n) is 3.19. The molecular formula is C12H20N2OS. The Kier molecular flexibility index (Phi) is 4.32. The molecule has 3 nitrogen and oxygen atoms in total. The van der Waals surface area contributed by atoms with Gasteiger partial charge in [0, 0.05) is 23.7 Å². The van der Waals surface area contributed by atoms with Gasteiger partial charge in [0.05, 0.1) is 6.10 Å². The second-order valence-corrected chi connectivity index (χ2v) is 5.66. The van der Waals surface area contributed by atoms with E-state index >= 15 is 0 Å². The van der Waals surface area contributed by atoms with Crippen molar-refractivity contribution in [3.8, 4) is 0 Å². The number of aromatic nitrogens is 1. The van der Waals surface area contributed by atoms with Gasteiger partial charge in [-0.1, -0.05) is 6.92 Å². The van der Waals surface area contributed by atoms with Crippen molar-refractivity contribution in [3.05, 3.63) is 16.1 Å². The van der Waals surface area contributed by atoms with Gasteiger partial charge in [-0.05, 0) is 32.1 Å². The van der Waals surface area contributed by atoms with Gasteiger partial charge in [0.25, 0.3) is 0 Å². The molecule has 0 spiro atoms. The topological polar surface area (TPSA) is 45.2 Å². The Morgan fingerprint density at radius 2 is 2.19 bits per heavy atom. The molecule has 0 radical (unpaired) electrons. The minimum Gasteiger partial charge on any atom is -0.393 e. The van der Waals surface area contributed by atoms with Gasteiger partial charge in [-0.3, -0.25) is 0 Å². The molecule has 1 heterocycles. The van der Waals surface area contributed by atoms with Crippen molar-refractivity contribution in [2.45, 2.75) is 57.7 Å². The van der Waals surface area contributed by atoms with Gasteiger partial charge in [0.1, 0.15) is 5.01 Å². The Labute approximate surface area is 101 Å². The SMILES string of the molecule is CCc1cnc(CNC2CCC(O)CC2)s1. The molecule has 1 aliphatic carbocycles. The maximum Gasteiger partial charge on any atom is 0.107 e. The lowest BCUT2D eigenvalue weighted by molar-refractivity contribution is 0.116. The van der Waals surface area contributed by atoms with Crippen molar-refractivity contribution in [2.24, 2.45) is 0 Å². The van der Waals surface area contributed by atoms with Crippen molar-refractivity contribution >= 4 is 11.3 Å². The molecule has 90 valence electrons. The van der Waals surface area contributed by atoms with Crippen LogP contribution in [0.25, 0.3) is 0 Å². The summed E-state index contributed by atoms with van der Waals surface area (Å²) in [5.41, 5.74) is 0. The van der Waals surface area contributed by atoms with E-state index in [0.717, 1.165) is 38.6 Å². The van der Waals surface area contributed by atoms with Gasteiger partial charge in [0.2, 0.25) is 0 Å². The number of nitrogens with zero attached hydrogens (tertiary/aromatic N) is 1. The average molecular weight is 240 g/mol. The fourth-order valence-corrected chi connectivity index (χ4v) is 2.92. The van der Waals surface area contributed by atoms with Crippen molar-refractivity contribution in [3.63, 3.8) is 0 Å². The fraction of sp³-hybridized carbons (Fsp3) is 0.750. The van der Waals surface area contributed by atoms with Crippen molar-refractivity contribution < 1.29 is 5.11 Å². The van der Waals surface area contributed by atoms with Crippen LogP contribution in [0.2, 0.25) is 0 Å². The van der Waals surface area contributed by atoms with Gasteiger partial charge in [0.15, 0.2) is 0 Å². The Morgan fingerprint density at radius 3 is 2.81 bits per heavy atom. The Hall–Kier alpha value is -0.450. The smallest absolute Gasteiger partial charge is 0.107 e. The number of hydrogen-bond donors (Lipinski definition) is 2. The van der Waals surface area contributed by atoms with E-state index < -0.39 is 0 Å². The van der Waals surface area contributed by atoms with Crippen LogP contribution in [0.1, 0.15) is 42.5 Å². The zero-order valence-corrected chi connectivity index (χ0v) is 10.6. The molecule has 0 aromatic carbocycles. The first-order chi connectivity index (χ1) is 7.78. The standard InChI is InChI=1S/C12H20N2OS/c1-2-11-7-14-12(16-11)8-13-9-3-5-10(15)6-4-9/h7,9-10,13,15H,2-6,8H2,1H3. The number of aliphatic hydroxyl groups excluding tert-OH is 1.